The van der Waals surface area contributed by atoms with Crippen molar-refractivity contribution in [2.75, 3.05) is 5.32 Å². The Morgan fingerprint density at radius 2 is 1.50 bits per heavy atom. The first-order valence-corrected chi connectivity index (χ1v) is 5.37. The van der Waals surface area contributed by atoms with Crippen molar-refractivity contribution in [1.29, 1.82) is 0 Å². The maximum absolute atomic E-state index is 9.55. The lowest BCUT2D eigenvalue weighted by molar-refractivity contribution is -0.134. The number of aliphatic carboxylic acids is 2. The van der Waals surface area contributed by atoms with Crippen LogP contribution >= 0.6 is 0 Å². The fraction of sp³-hybridized carbons (Fsp3) is 0.231. The molecular formula is C13H17NO4. The summed E-state index contributed by atoms with van der Waals surface area (Å²) in [6.45, 7) is 4.26. The van der Waals surface area contributed by atoms with Crippen LogP contribution in [0.15, 0.2) is 42.5 Å². The summed E-state index contributed by atoms with van der Waals surface area (Å²) in [7, 11) is 0. The molecule has 1 rings (SSSR count). The van der Waals surface area contributed by atoms with Crippen molar-refractivity contribution in [3.8, 4) is 0 Å². The van der Waals surface area contributed by atoms with Gasteiger partial charge in [0.05, 0.1) is 0 Å². The van der Waals surface area contributed by atoms with Crippen LogP contribution in [-0.2, 0) is 9.59 Å². The first kappa shape index (κ1) is 15.7. The van der Waals surface area contributed by atoms with E-state index in [9.17, 15) is 9.59 Å². The molecule has 3 N–H and O–H groups in total. The summed E-state index contributed by atoms with van der Waals surface area (Å²) in [5.41, 5.74) is 1.19. The molecule has 0 atom stereocenters. The van der Waals surface area contributed by atoms with E-state index in [4.69, 9.17) is 10.2 Å². The zero-order valence-corrected chi connectivity index (χ0v) is 10.3. The van der Waals surface area contributed by atoms with Gasteiger partial charge in [0.15, 0.2) is 0 Å². The topological polar surface area (TPSA) is 86.6 Å². The standard InChI is InChI=1S/C9H13N.C4H4O4/c1-8(2)10-9-6-4-3-5-7-9;5-3(6)1-2-4(7)8/h3-8,10H,1-2H3;1-2H,(H,5,6)(H,7,8)/b;2-1+. The van der Waals surface area contributed by atoms with Gasteiger partial charge >= 0.3 is 11.9 Å². The molecule has 5 nitrogen and oxygen atoms in total. The molecule has 0 unspecified atom stereocenters. The highest BCUT2D eigenvalue weighted by molar-refractivity contribution is 5.89. The molecule has 0 saturated heterocycles. The van der Waals surface area contributed by atoms with Crippen LogP contribution < -0.4 is 5.32 Å². The summed E-state index contributed by atoms with van der Waals surface area (Å²) in [5, 5.41) is 18.9. The van der Waals surface area contributed by atoms with Crippen LogP contribution in [0.4, 0.5) is 5.69 Å². The van der Waals surface area contributed by atoms with Crippen molar-refractivity contribution in [1.82, 2.24) is 0 Å². The quantitative estimate of drug-likeness (QED) is 0.714. The molecule has 0 saturated carbocycles. The molecule has 0 fully saturated rings. The van der Waals surface area contributed by atoms with Gasteiger partial charge in [0.1, 0.15) is 0 Å². The van der Waals surface area contributed by atoms with E-state index in [0.717, 1.165) is 0 Å². The zero-order valence-electron chi connectivity index (χ0n) is 10.3. The Balaban J connectivity index is 0.000000331. The number of benzene rings is 1. The average Bonchev–Trinajstić information content (AvgIpc) is 2.28. The van der Waals surface area contributed by atoms with E-state index in [-0.39, 0.29) is 0 Å². The van der Waals surface area contributed by atoms with E-state index < -0.39 is 11.9 Å². The fourth-order valence-corrected chi connectivity index (χ4v) is 1.01. The Labute approximate surface area is 106 Å². The number of hydrogen-bond acceptors (Lipinski definition) is 3. The van der Waals surface area contributed by atoms with Crippen LogP contribution in [0.5, 0.6) is 0 Å². The predicted octanol–water partition coefficient (Wildman–Crippen LogP) is 2.22. The van der Waals surface area contributed by atoms with E-state index >= 15 is 0 Å². The summed E-state index contributed by atoms with van der Waals surface area (Å²) in [4.78, 5) is 19.1. The number of nitrogens with one attached hydrogen (secondary N) is 1. The van der Waals surface area contributed by atoms with Crippen molar-refractivity contribution in [3.63, 3.8) is 0 Å². The largest absolute Gasteiger partial charge is 0.478 e. The van der Waals surface area contributed by atoms with Crippen molar-refractivity contribution in [2.45, 2.75) is 19.9 Å². The van der Waals surface area contributed by atoms with Gasteiger partial charge in [-0.05, 0) is 26.0 Å². The minimum absolute atomic E-state index is 0.516. The van der Waals surface area contributed by atoms with Gasteiger partial charge in [0, 0.05) is 23.9 Å². The number of carboxylic acids is 2. The van der Waals surface area contributed by atoms with E-state index in [1.54, 1.807) is 0 Å². The highest BCUT2D eigenvalue weighted by Gasteiger charge is 1.90. The lowest BCUT2D eigenvalue weighted by atomic mass is 10.3. The van der Waals surface area contributed by atoms with E-state index in [0.29, 0.717) is 18.2 Å². The molecule has 0 bridgehead atoms. The van der Waals surface area contributed by atoms with E-state index in [1.165, 1.54) is 5.69 Å². The Morgan fingerprint density at radius 3 is 1.83 bits per heavy atom. The van der Waals surface area contributed by atoms with Crippen molar-refractivity contribution in [2.24, 2.45) is 0 Å². The summed E-state index contributed by atoms with van der Waals surface area (Å²) >= 11 is 0. The van der Waals surface area contributed by atoms with Crippen LogP contribution in [0.3, 0.4) is 0 Å². The van der Waals surface area contributed by atoms with Gasteiger partial charge in [-0.1, -0.05) is 18.2 Å². The Kier molecular flexibility index (Phi) is 7.68. The molecular weight excluding hydrogens is 234 g/mol. The maximum Gasteiger partial charge on any atom is 0.328 e. The average molecular weight is 251 g/mol. The number of anilines is 1. The van der Waals surface area contributed by atoms with Gasteiger partial charge in [-0.2, -0.15) is 0 Å². The number of carbonyl (C=O) groups is 2. The summed E-state index contributed by atoms with van der Waals surface area (Å²) in [6, 6.07) is 10.7. The minimum Gasteiger partial charge on any atom is -0.478 e. The molecule has 0 spiro atoms. The SMILES string of the molecule is CC(C)Nc1ccccc1.O=C(O)/C=C/C(=O)O. The van der Waals surface area contributed by atoms with Gasteiger partial charge in [0.25, 0.3) is 0 Å². The lowest BCUT2D eigenvalue weighted by Gasteiger charge is -2.08. The second kappa shape index (κ2) is 8.81. The molecule has 5 heteroatoms. The molecule has 0 amide bonds. The number of para-hydroxylation sites is 1. The summed E-state index contributed by atoms with van der Waals surface area (Å²) < 4.78 is 0. The lowest BCUT2D eigenvalue weighted by Crippen LogP contribution is -2.08. The zero-order chi connectivity index (χ0) is 14.0. The summed E-state index contributed by atoms with van der Waals surface area (Å²) in [5.74, 6) is -2.51. The second-order valence-corrected chi connectivity index (χ2v) is 3.67. The van der Waals surface area contributed by atoms with Crippen LogP contribution in [0.1, 0.15) is 13.8 Å². The van der Waals surface area contributed by atoms with Gasteiger partial charge in [0.2, 0.25) is 0 Å². The third-order valence-electron chi connectivity index (χ3n) is 1.60. The Morgan fingerprint density at radius 1 is 1.06 bits per heavy atom. The third kappa shape index (κ3) is 10.2. The van der Waals surface area contributed by atoms with E-state index in [1.807, 2.05) is 18.2 Å². The molecule has 0 aliphatic carbocycles. The molecule has 0 aliphatic rings. The first-order chi connectivity index (χ1) is 8.41. The highest BCUT2D eigenvalue weighted by atomic mass is 16.4. The van der Waals surface area contributed by atoms with Crippen molar-refractivity contribution < 1.29 is 19.8 Å². The monoisotopic (exact) mass is 251 g/mol. The van der Waals surface area contributed by atoms with Crippen LogP contribution in [-0.4, -0.2) is 28.2 Å². The smallest absolute Gasteiger partial charge is 0.328 e. The molecule has 0 radical (unpaired) electrons. The molecule has 0 aliphatic heterocycles. The number of carboxylic acid groups (broad SMARTS) is 2. The van der Waals surface area contributed by atoms with Gasteiger partial charge in [-0.25, -0.2) is 9.59 Å². The molecule has 1 aromatic carbocycles. The normalized spacial score (nSPS) is 9.72. The molecule has 0 aromatic heterocycles. The molecule has 0 heterocycles. The Bertz CT molecular complexity index is 383. The van der Waals surface area contributed by atoms with Crippen molar-refractivity contribution in [3.05, 3.63) is 42.5 Å². The fourth-order valence-electron chi connectivity index (χ4n) is 1.01. The predicted molar refractivity (Wildman–Crippen MR) is 69.6 cm³/mol. The third-order valence-corrected chi connectivity index (χ3v) is 1.60. The van der Waals surface area contributed by atoms with Gasteiger partial charge in [-0.15, -0.1) is 0 Å². The van der Waals surface area contributed by atoms with Crippen LogP contribution in [0, 0.1) is 0 Å². The summed E-state index contributed by atoms with van der Waals surface area (Å²) in [6.07, 6.45) is 1.12. The van der Waals surface area contributed by atoms with Gasteiger partial charge in [-0.3, -0.25) is 0 Å². The number of rotatable bonds is 4. The van der Waals surface area contributed by atoms with E-state index in [2.05, 4.69) is 31.3 Å². The maximum atomic E-state index is 9.55. The molecule has 1 aromatic rings. The Hall–Kier alpha value is -2.30. The van der Waals surface area contributed by atoms with Crippen LogP contribution in [0.25, 0.3) is 0 Å². The second-order valence-electron chi connectivity index (χ2n) is 3.67. The van der Waals surface area contributed by atoms with Gasteiger partial charge < -0.3 is 15.5 Å². The molecule has 98 valence electrons. The first-order valence-electron chi connectivity index (χ1n) is 5.37. The number of hydrogen-bond donors (Lipinski definition) is 3. The van der Waals surface area contributed by atoms with Crippen LogP contribution in [0.2, 0.25) is 0 Å². The minimum atomic E-state index is -1.26. The van der Waals surface area contributed by atoms with Crippen molar-refractivity contribution >= 4 is 17.6 Å². The highest BCUT2D eigenvalue weighted by Crippen LogP contribution is 2.05. The molecule has 18 heavy (non-hydrogen) atoms.